The van der Waals surface area contributed by atoms with Gasteiger partial charge in [-0.2, -0.15) is 0 Å². The van der Waals surface area contributed by atoms with Gasteiger partial charge in [0, 0.05) is 24.2 Å². The molecule has 2 unspecified atom stereocenters. The molecule has 0 saturated heterocycles. The summed E-state index contributed by atoms with van der Waals surface area (Å²) in [4.78, 5) is 4.24. The number of thiazole rings is 1. The normalized spacial score (nSPS) is 14.3. The van der Waals surface area contributed by atoms with E-state index in [0.717, 1.165) is 18.1 Å². The Balaban J connectivity index is 1.79. The van der Waals surface area contributed by atoms with Gasteiger partial charge in [-0.25, -0.2) is 4.98 Å². The number of hydrogen-bond donors (Lipinski definition) is 2. The van der Waals surface area contributed by atoms with Crippen molar-refractivity contribution < 1.29 is 0 Å². The van der Waals surface area contributed by atoms with Gasteiger partial charge in [0.05, 0.1) is 0 Å². The summed E-state index contributed by atoms with van der Waals surface area (Å²) in [5.74, 6) is 0.396. The van der Waals surface area contributed by atoms with E-state index in [9.17, 15) is 0 Å². The molecule has 3 N–H and O–H groups in total. The summed E-state index contributed by atoms with van der Waals surface area (Å²) >= 11 is 1.67. The van der Waals surface area contributed by atoms with E-state index in [1.165, 1.54) is 5.56 Å². The third-order valence-electron chi connectivity index (χ3n) is 3.02. The maximum absolute atomic E-state index is 6.24. The van der Waals surface area contributed by atoms with Gasteiger partial charge < -0.3 is 11.1 Å². The van der Waals surface area contributed by atoms with E-state index in [-0.39, 0.29) is 6.04 Å². The van der Waals surface area contributed by atoms with Crippen LogP contribution in [0.1, 0.15) is 23.5 Å². The summed E-state index contributed by atoms with van der Waals surface area (Å²) in [5.41, 5.74) is 7.44. The topological polar surface area (TPSA) is 50.9 Å². The zero-order chi connectivity index (χ0) is 12.8. The van der Waals surface area contributed by atoms with Crippen LogP contribution in [0, 0.1) is 5.92 Å². The Morgan fingerprint density at radius 1 is 1.33 bits per heavy atom. The number of nitrogens with zero attached hydrogens (tertiary/aromatic N) is 1. The predicted octanol–water partition coefficient (Wildman–Crippen LogP) is 2.57. The van der Waals surface area contributed by atoms with Crippen LogP contribution in [0.15, 0.2) is 41.9 Å². The molecule has 2 atom stereocenters. The van der Waals surface area contributed by atoms with Gasteiger partial charge in [0.1, 0.15) is 5.01 Å². The minimum Gasteiger partial charge on any atom is -0.324 e. The fourth-order valence-corrected chi connectivity index (χ4v) is 2.46. The van der Waals surface area contributed by atoms with E-state index in [1.54, 1.807) is 11.3 Å². The van der Waals surface area contributed by atoms with E-state index in [4.69, 9.17) is 5.73 Å². The van der Waals surface area contributed by atoms with Crippen molar-refractivity contribution in [2.75, 3.05) is 6.54 Å². The van der Waals surface area contributed by atoms with Gasteiger partial charge in [-0.15, -0.1) is 11.3 Å². The fourth-order valence-electron chi connectivity index (χ4n) is 1.88. The first-order valence-electron chi connectivity index (χ1n) is 6.17. The number of nitrogens with two attached hydrogens (primary N) is 1. The number of aromatic nitrogens is 1. The first kappa shape index (κ1) is 13.2. The second-order valence-corrected chi connectivity index (χ2v) is 5.45. The Bertz CT molecular complexity index is 441. The van der Waals surface area contributed by atoms with Crippen LogP contribution in [0.2, 0.25) is 0 Å². The number of benzene rings is 1. The number of nitrogens with one attached hydrogen (secondary N) is 1. The molecule has 0 bridgehead atoms. The van der Waals surface area contributed by atoms with Gasteiger partial charge in [0.2, 0.25) is 0 Å². The van der Waals surface area contributed by atoms with Gasteiger partial charge in [0.25, 0.3) is 0 Å². The zero-order valence-corrected chi connectivity index (χ0v) is 11.4. The molecule has 0 saturated carbocycles. The Morgan fingerprint density at radius 3 is 2.78 bits per heavy atom. The Kier molecular flexibility index (Phi) is 4.87. The van der Waals surface area contributed by atoms with E-state index >= 15 is 0 Å². The molecule has 3 nitrogen and oxygen atoms in total. The van der Waals surface area contributed by atoms with Crippen molar-refractivity contribution in [3.05, 3.63) is 52.5 Å². The lowest BCUT2D eigenvalue weighted by molar-refractivity contribution is 0.434. The van der Waals surface area contributed by atoms with Crippen LogP contribution in [0.25, 0.3) is 0 Å². The highest BCUT2D eigenvalue weighted by atomic mass is 32.1. The molecule has 2 rings (SSSR count). The van der Waals surface area contributed by atoms with E-state index in [1.807, 2.05) is 29.8 Å². The molecule has 2 aromatic rings. The summed E-state index contributed by atoms with van der Waals surface area (Å²) < 4.78 is 0. The second-order valence-electron chi connectivity index (χ2n) is 4.47. The van der Waals surface area contributed by atoms with Crippen molar-refractivity contribution in [1.29, 1.82) is 0 Å². The monoisotopic (exact) mass is 261 g/mol. The summed E-state index contributed by atoms with van der Waals surface area (Å²) in [6, 6.07) is 10.3. The standard InChI is InChI=1S/C14H19N3S/c1-11(9-16-10-13-17-7-8-18-13)14(15)12-5-3-2-4-6-12/h2-8,11,14,16H,9-10,15H2,1H3. The summed E-state index contributed by atoms with van der Waals surface area (Å²) in [6.45, 7) is 3.89. The maximum atomic E-state index is 6.24. The van der Waals surface area contributed by atoms with Gasteiger partial charge in [-0.05, 0) is 18.0 Å². The quantitative estimate of drug-likeness (QED) is 0.840. The van der Waals surface area contributed by atoms with Gasteiger partial charge in [-0.1, -0.05) is 37.3 Å². The van der Waals surface area contributed by atoms with Crippen LogP contribution in [0.3, 0.4) is 0 Å². The molecule has 0 radical (unpaired) electrons. The molecular formula is C14H19N3S. The SMILES string of the molecule is CC(CNCc1nccs1)C(N)c1ccccc1. The van der Waals surface area contributed by atoms with Crippen LogP contribution in [0.5, 0.6) is 0 Å². The second kappa shape index (κ2) is 6.64. The van der Waals surface area contributed by atoms with Gasteiger partial charge in [-0.3, -0.25) is 0 Å². The average Bonchev–Trinajstić information content (AvgIpc) is 2.92. The van der Waals surface area contributed by atoms with E-state index < -0.39 is 0 Å². The highest BCUT2D eigenvalue weighted by molar-refractivity contribution is 7.09. The third kappa shape index (κ3) is 3.63. The molecule has 0 fully saturated rings. The Labute approximate surface area is 112 Å². The largest absolute Gasteiger partial charge is 0.324 e. The molecule has 1 aromatic carbocycles. The lowest BCUT2D eigenvalue weighted by Crippen LogP contribution is -2.29. The van der Waals surface area contributed by atoms with E-state index in [2.05, 4.69) is 29.4 Å². The molecule has 0 spiro atoms. The minimum atomic E-state index is 0.0787. The van der Waals surface area contributed by atoms with Crippen molar-refractivity contribution >= 4 is 11.3 Å². The zero-order valence-electron chi connectivity index (χ0n) is 10.5. The molecule has 1 heterocycles. The summed E-state index contributed by atoms with van der Waals surface area (Å²) in [7, 11) is 0. The van der Waals surface area contributed by atoms with Crippen LogP contribution < -0.4 is 11.1 Å². The first-order valence-corrected chi connectivity index (χ1v) is 7.05. The molecule has 1 aromatic heterocycles. The Morgan fingerprint density at radius 2 is 2.11 bits per heavy atom. The molecule has 18 heavy (non-hydrogen) atoms. The molecule has 0 aliphatic heterocycles. The van der Waals surface area contributed by atoms with Gasteiger partial charge >= 0.3 is 0 Å². The molecular weight excluding hydrogens is 242 g/mol. The lowest BCUT2D eigenvalue weighted by Gasteiger charge is -2.20. The van der Waals surface area contributed by atoms with Crippen molar-refractivity contribution in [1.82, 2.24) is 10.3 Å². The fraction of sp³-hybridized carbons (Fsp3) is 0.357. The van der Waals surface area contributed by atoms with Crippen LogP contribution in [0.4, 0.5) is 0 Å². The van der Waals surface area contributed by atoms with Crippen molar-refractivity contribution in [3.8, 4) is 0 Å². The highest BCUT2D eigenvalue weighted by Crippen LogP contribution is 2.18. The number of rotatable bonds is 6. The highest BCUT2D eigenvalue weighted by Gasteiger charge is 2.14. The van der Waals surface area contributed by atoms with Crippen LogP contribution in [-0.2, 0) is 6.54 Å². The average molecular weight is 261 g/mol. The maximum Gasteiger partial charge on any atom is 0.106 e. The molecule has 0 amide bonds. The minimum absolute atomic E-state index is 0.0787. The van der Waals surface area contributed by atoms with Gasteiger partial charge in [0.15, 0.2) is 0 Å². The summed E-state index contributed by atoms with van der Waals surface area (Å²) in [6.07, 6.45) is 1.83. The van der Waals surface area contributed by atoms with E-state index in [0.29, 0.717) is 5.92 Å². The molecule has 4 heteroatoms. The Hall–Kier alpha value is -1.23. The molecule has 0 aliphatic carbocycles. The first-order chi connectivity index (χ1) is 8.77. The third-order valence-corrected chi connectivity index (χ3v) is 3.80. The molecule has 96 valence electrons. The lowest BCUT2D eigenvalue weighted by atomic mass is 9.95. The van der Waals surface area contributed by atoms with Crippen LogP contribution >= 0.6 is 11.3 Å². The smallest absolute Gasteiger partial charge is 0.106 e. The van der Waals surface area contributed by atoms with Crippen molar-refractivity contribution in [2.24, 2.45) is 11.7 Å². The van der Waals surface area contributed by atoms with Crippen LogP contribution in [-0.4, -0.2) is 11.5 Å². The van der Waals surface area contributed by atoms with Crippen molar-refractivity contribution in [2.45, 2.75) is 19.5 Å². The van der Waals surface area contributed by atoms with Crippen molar-refractivity contribution in [3.63, 3.8) is 0 Å². The number of hydrogen-bond acceptors (Lipinski definition) is 4. The predicted molar refractivity (Wildman–Crippen MR) is 76.4 cm³/mol. The summed E-state index contributed by atoms with van der Waals surface area (Å²) in [5, 5.41) is 6.52. The molecule has 0 aliphatic rings.